The Hall–Kier alpha value is -1.26. The van der Waals surface area contributed by atoms with E-state index in [1.54, 1.807) is 0 Å². The second-order valence-corrected chi connectivity index (χ2v) is 6.53. The second-order valence-electron chi connectivity index (χ2n) is 5.72. The minimum atomic E-state index is 0.364. The molecule has 0 unspecified atom stereocenters. The summed E-state index contributed by atoms with van der Waals surface area (Å²) in [6.07, 6.45) is 5.43. The Morgan fingerprint density at radius 3 is 2.71 bits per heavy atom. The number of rotatable bonds is 2. The van der Waals surface area contributed by atoms with Gasteiger partial charge in [-0.25, -0.2) is 4.98 Å². The minimum absolute atomic E-state index is 0.364. The molecule has 4 heteroatoms. The Bertz CT molecular complexity index is 629. The van der Waals surface area contributed by atoms with Gasteiger partial charge in [0.25, 0.3) is 0 Å². The van der Waals surface area contributed by atoms with E-state index >= 15 is 0 Å². The standard InChI is InChI=1S/C17H20BrN3/c1-12-6-5-11-19-17(12)15-9-4-8-14(21(15)2)13-7-3-10-16(18)20-13/h3,5-7,10-11,14-15H,4,8-9H2,1-2H3/t14-,15+/m1/s1. The zero-order valence-electron chi connectivity index (χ0n) is 12.5. The molecule has 0 N–H and O–H groups in total. The van der Waals surface area contributed by atoms with Gasteiger partial charge in [0.05, 0.1) is 23.5 Å². The Morgan fingerprint density at radius 1 is 1.14 bits per heavy atom. The molecule has 0 aliphatic carbocycles. The molecule has 0 amide bonds. The molecule has 0 spiro atoms. The van der Waals surface area contributed by atoms with E-state index in [9.17, 15) is 0 Å². The molecule has 3 nitrogen and oxygen atoms in total. The number of hydrogen-bond acceptors (Lipinski definition) is 3. The molecule has 1 aliphatic heterocycles. The normalized spacial score (nSPS) is 23.2. The first kappa shape index (κ1) is 14.7. The van der Waals surface area contributed by atoms with Gasteiger partial charge in [-0.3, -0.25) is 9.88 Å². The van der Waals surface area contributed by atoms with Crippen molar-refractivity contribution in [2.75, 3.05) is 7.05 Å². The molecule has 1 saturated heterocycles. The number of halogens is 1. The lowest BCUT2D eigenvalue weighted by Crippen LogP contribution is -2.34. The number of nitrogens with zero attached hydrogens (tertiary/aromatic N) is 3. The first-order valence-electron chi connectivity index (χ1n) is 7.42. The van der Waals surface area contributed by atoms with E-state index in [-0.39, 0.29) is 0 Å². The fourth-order valence-corrected chi connectivity index (χ4v) is 3.63. The van der Waals surface area contributed by atoms with Crippen molar-refractivity contribution in [3.05, 3.63) is 58.1 Å². The van der Waals surface area contributed by atoms with Crippen molar-refractivity contribution < 1.29 is 0 Å². The lowest BCUT2D eigenvalue weighted by molar-refractivity contribution is 0.109. The molecule has 2 atom stereocenters. The van der Waals surface area contributed by atoms with Gasteiger partial charge >= 0.3 is 0 Å². The van der Waals surface area contributed by atoms with Gasteiger partial charge in [0.1, 0.15) is 4.60 Å². The van der Waals surface area contributed by atoms with Crippen molar-refractivity contribution in [2.24, 2.45) is 0 Å². The van der Waals surface area contributed by atoms with Crippen molar-refractivity contribution in [1.29, 1.82) is 0 Å². The SMILES string of the molecule is Cc1cccnc1[C@@H]1CCC[C@H](c2cccc(Br)n2)N1C. The van der Waals surface area contributed by atoms with Crippen LogP contribution in [0.2, 0.25) is 0 Å². The predicted molar refractivity (Wildman–Crippen MR) is 88.0 cm³/mol. The summed E-state index contributed by atoms with van der Waals surface area (Å²) in [7, 11) is 2.20. The molecule has 0 radical (unpaired) electrons. The number of aromatic nitrogens is 2. The molecule has 3 heterocycles. The molecular formula is C17H20BrN3. The minimum Gasteiger partial charge on any atom is -0.289 e. The summed E-state index contributed by atoms with van der Waals surface area (Å²) in [5.74, 6) is 0. The average Bonchev–Trinajstić information content (AvgIpc) is 2.48. The van der Waals surface area contributed by atoms with Crippen LogP contribution in [0.25, 0.3) is 0 Å². The summed E-state index contributed by atoms with van der Waals surface area (Å²) in [5.41, 5.74) is 3.63. The molecule has 0 saturated carbocycles. The first-order valence-corrected chi connectivity index (χ1v) is 8.22. The molecular weight excluding hydrogens is 326 g/mol. The summed E-state index contributed by atoms with van der Waals surface area (Å²) in [6.45, 7) is 2.15. The van der Waals surface area contributed by atoms with Gasteiger partial charge in [-0.05, 0) is 72.9 Å². The van der Waals surface area contributed by atoms with Crippen molar-refractivity contribution in [1.82, 2.24) is 14.9 Å². The number of aryl methyl sites for hydroxylation is 1. The number of hydrogen-bond donors (Lipinski definition) is 0. The van der Waals surface area contributed by atoms with Crippen LogP contribution in [-0.4, -0.2) is 21.9 Å². The molecule has 1 aliphatic rings. The highest BCUT2D eigenvalue weighted by Gasteiger charge is 2.31. The van der Waals surface area contributed by atoms with Gasteiger partial charge < -0.3 is 0 Å². The zero-order valence-corrected chi connectivity index (χ0v) is 14.0. The maximum Gasteiger partial charge on any atom is 0.106 e. The van der Waals surface area contributed by atoms with Gasteiger partial charge in [-0.1, -0.05) is 12.1 Å². The van der Waals surface area contributed by atoms with E-state index in [4.69, 9.17) is 0 Å². The third-order valence-electron chi connectivity index (χ3n) is 4.38. The van der Waals surface area contributed by atoms with E-state index in [1.807, 2.05) is 18.3 Å². The van der Waals surface area contributed by atoms with Crippen LogP contribution in [0.4, 0.5) is 0 Å². The Morgan fingerprint density at radius 2 is 1.95 bits per heavy atom. The molecule has 3 rings (SSSR count). The van der Waals surface area contributed by atoms with E-state index in [0.29, 0.717) is 12.1 Å². The quantitative estimate of drug-likeness (QED) is 0.753. The van der Waals surface area contributed by atoms with Crippen LogP contribution in [0.15, 0.2) is 41.1 Å². The summed E-state index contributed by atoms with van der Waals surface area (Å²) >= 11 is 3.48. The lowest BCUT2D eigenvalue weighted by Gasteiger charge is -2.39. The van der Waals surface area contributed by atoms with Crippen molar-refractivity contribution in [3.8, 4) is 0 Å². The van der Waals surface area contributed by atoms with Crippen LogP contribution in [0.3, 0.4) is 0 Å². The Kier molecular flexibility index (Phi) is 4.36. The summed E-state index contributed by atoms with van der Waals surface area (Å²) < 4.78 is 0.907. The molecule has 110 valence electrons. The van der Waals surface area contributed by atoms with Crippen LogP contribution in [0.1, 0.15) is 48.3 Å². The highest BCUT2D eigenvalue weighted by molar-refractivity contribution is 9.10. The summed E-state index contributed by atoms with van der Waals surface area (Å²) in [4.78, 5) is 11.7. The molecule has 2 aromatic rings. The van der Waals surface area contributed by atoms with Crippen LogP contribution in [0.5, 0.6) is 0 Å². The maximum atomic E-state index is 4.65. The molecule has 21 heavy (non-hydrogen) atoms. The maximum absolute atomic E-state index is 4.65. The van der Waals surface area contributed by atoms with Crippen LogP contribution in [0, 0.1) is 6.92 Å². The van der Waals surface area contributed by atoms with Crippen LogP contribution < -0.4 is 0 Å². The summed E-state index contributed by atoms with van der Waals surface area (Å²) in [5, 5.41) is 0. The monoisotopic (exact) mass is 345 g/mol. The van der Waals surface area contributed by atoms with Gasteiger partial charge in [-0.2, -0.15) is 0 Å². The Balaban J connectivity index is 1.90. The van der Waals surface area contributed by atoms with Crippen molar-refractivity contribution in [2.45, 2.75) is 38.3 Å². The van der Waals surface area contributed by atoms with Gasteiger partial charge in [0.2, 0.25) is 0 Å². The fraction of sp³-hybridized carbons (Fsp3) is 0.412. The molecule has 2 aromatic heterocycles. The number of likely N-dealkylation sites (tertiary alicyclic amines) is 1. The molecule has 0 aromatic carbocycles. The number of pyridine rings is 2. The largest absolute Gasteiger partial charge is 0.289 e. The Labute approximate surface area is 134 Å². The molecule has 1 fully saturated rings. The first-order chi connectivity index (χ1) is 10.2. The smallest absolute Gasteiger partial charge is 0.106 e. The topological polar surface area (TPSA) is 29.0 Å². The summed E-state index contributed by atoms with van der Waals surface area (Å²) in [6, 6.07) is 11.1. The fourth-order valence-electron chi connectivity index (χ4n) is 3.27. The third-order valence-corrected chi connectivity index (χ3v) is 4.82. The van der Waals surface area contributed by atoms with E-state index in [0.717, 1.165) is 16.7 Å². The van der Waals surface area contributed by atoms with E-state index in [2.05, 4.69) is 63.0 Å². The van der Waals surface area contributed by atoms with Crippen LogP contribution >= 0.6 is 15.9 Å². The predicted octanol–water partition coefficient (Wildman–Crippen LogP) is 4.45. The van der Waals surface area contributed by atoms with Crippen molar-refractivity contribution in [3.63, 3.8) is 0 Å². The number of piperidine rings is 1. The average molecular weight is 346 g/mol. The third kappa shape index (κ3) is 3.01. The van der Waals surface area contributed by atoms with Gasteiger partial charge in [0, 0.05) is 6.20 Å². The van der Waals surface area contributed by atoms with E-state index in [1.165, 1.54) is 24.1 Å². The van der Waals surface area contributed by atoms with E-state index < -0.39 is 0 Å². The lowest BCUT2D eigenvalue weighted by atomic mass is 9.90. The van der Waals surface area contributed by atoms with Gasteiger partial charge in [-0.15, -0.1) is 0 Å². The van der Waals surface area contributed by atoms with Crippen molar-refractivity contribution >= 4 is 15.9 Å². The molecule has 0 bridgehead atoms. The van der Waals surface area contributed by atoms with Gasteiger partial charge in [0.15, 0.2) is 0 Å². The van der Waals surface area contributed by atoms with Crippen LogP contribution in [-0.2, 0) is 0 Å². The highest BCUT2D eigenvalue weighted by atomic mass is 79.9. The highest BCUT2D eigenvalue weighted by Crippen LogP contribution is 2.40. The second kappa shape index (κ2) is 6.24. The zero-order chi connectivity index (χ0) is 14.8.